The molecule has 3 saturated heterocycles. The zero-order valence-corrected chi connectivity index (χ0v) is 26.0. The smallest absolute Gasteiger partial charge is 0.248 e. The fourth-order valence-corrected chi connectivity index (χ4v) is 7.88. The largest absolute Gasteiger partial charge is 0.394 e. The molecule has 0 aromatic heterocycles. The summed E-state index contributed by atoms with van der Waals surface area (Å²) < 4.78 is 6.95. The van der Waals surface area contributed by atoms with Gasteiger partial charge in [-0.1, -0.05) is 69.7 Å². The molecule has 8 heteroatoms. The molecule has 0 saturated carbocycles. The summed E-state index contributed by atoms with van der Waals surface area (Å²) in [6.45, 7) is 18.5. The van der Waals surface area contributed by atoms with Crippen molar-refractivity contribution >= 4 is 17.7 Å². The van der Waals surface area contributed by atoms with Crippen molar-refractivity contribution < 1.29 is 24.2 Å². The Balaban J connectivity index is 1.82. The molecule has 3 aliphatic rings. The van der Waals surface area contributed by atoms with Crippen LogP contribution in [0.1, 0.15) is 65.9 Å². The van der Waals surface area contributed by atoms with E-state index in [-0.39, 0.29) is 36.3 Å². The summed E-state index contributed by atoms with van der Waals surface area (Å²) in [6, 6.07) is 8.20. The Labute approximate surface area is 251 Å². The highest BCUT2D eigenvalue weighted by Gasteiger charge is 2.80. The van der Waals surface area contributed by atoms with Gasteiger partial charge in [0, 0.05) is 25.7 Å². The number of amides is 3. The topological polar surface area (TPSA) is 90.4 Å². The summed E-state index contributed by atoms with van der Waals surface area (Å²) in [5.41, 5.74) is -1.10. The van der Waals surface area contributed by atoms with E-state index in [0.29, 0.717) is 32.5 Å². The number of fused-ring (bicyclic) bond motifs is 1. The molecule has 1 N–H and O–H groups in total. The number of rotatable bonds is 14. The Morgan fingerprint density at radius 3 is 2.40 bits per heavy atom. The zero-order valence-electron chi connectivity index (χ0n) is 26.0. The van der Waals surface area contributed by atoms with Gasteiger partial charge >= 0.3 is 0 Å². The monoisotopic (exact) mass is 579 g/mol. The number of hydrogen-bond donors (Lipinski definition) is 1. The van der Waals surface area contributed by atoms with E-state index in [1.807, 2.05) is 51.1 Å². The number of aliphatic hydroxyl groups is 1. The second-order valence-electron chi connectivity index (χ2n) is 12.6. The molecule has 2 bridgehead atoms. The van der Waals surface area contributed by atoms with Gasteiger partial charge in [0.1, 0.15) is 11.6 Å². The van der Waals surface area contributed by atoms with Gasteiger partial charge < -0.3 is 24.5 Å². The van der Waals surface area contributed by atoms with Crippen LogP contribution in [0.4, 0.5) is 0 Å². The highest BCUT2D eigenvalue weighted by Crippen LogP contribution is 2.66. The summed E-state index contributed by atoms with van der Waals surface area (Å²) >= 11 is 0. The second kappa shape index (κ2) is 12.7. The number of nitrogens with zero attached hydrogens (tertiary/aromatic N) is 3. The van der Waals surface area contributed by atoms with Crippen molar-refractivity contribution in [1.29, 1.82) is 0 Å². The maximum absolute atomic E-state index is 14.6. The fourth-order valence-electron chi connectivity index (χ4n) is 7.88. The van der Waals surface area contributed by atoms with E-state index in [9.17, 15) is 19.5 Å². The summed E-state index contributed by atoms with van der Waals surface area (Å²) in [7, 11) is 0. The first-order valence-corrected chi connectivity index (χ1v) is 15.5. The second-order valence-corrected chi connectivity index (χ2v) is 12.6. The molecule has 8 atom stereocenters. The molecule has 8 nitrogen and oxygen atoms in total. The van der Waals surface area contributed by atoms with Gasteiger partial charge in [-0.15, -0.1) is 13.2 Å². The number of ether oxygens (including phenoxy) is 1. The van der Waals surface area contributed by atoms with E-state index in [2.05, 4.69) is 27.0 Å². The molecular formula is C34H49N3O5. The van der Waals surface area contributed by atoms with Crippen molar-refractivity contribution in [1.82, 2.24) is 14.7 Å². The first kappa shape index (κ1) is 32.0. The van der Waals surface area contributed by atoms with Crippen LogP contribution < -0.4 is 0 Å². The molecule has 0 aliphatic carbocycles. The Hall–Kier alpha value is -2.97. The van der Waals surface area contributed by atoms with Crippen molar-refractivity contribution in [3.05, 3.63) is 61.2 Å². The molecule has 3 amide bonds. The number of benzene rings is 1. The highest BCUT2D eigenvalue weighted by atomic mass is 16.5. The van der Waals surface area contributed by atoms with E-state index in [1.165, 1.54) is 0 Å². The van der Waals surface area contributed by atoms with Crippen molar-refractivity contribution in [2.24, 2.45) is 17.8 Å². The predicted molar refractivity (Wildman–Crippen MR) is 163 cm³/mol. The Morgan fingerprint density at radius 1 is 1.17 bits per heavy atom. The van der Waals surface area contributed by atoms with E-state index in [1.54, 1.807) is 26.9 Å². The van der Waals surface area contributed by atoms with E-state index < -0.39 is 35.1 Å². The molecule has 4 unspecified atom stereocenters. The summed E-state index contributed by atoms with van der Waals surface area (Å²) in [6.07, 6.45) is 6.09. The molecule has 1 spiro atoms. The maximum atomic E-state index is 14.6. The van der Waals surface area contributed by atoms with Crippen molar-refractivity contribution in [2.45, 2.75) is 96.2 Å². The number of likely N-dealkylation sites (tertiary alicyclic amines) is 1. The number of aliphatic hydroxyl groups excluding tert-OH is 1. The summed E-state index contributed by atoms with van der Waals surface area (Å²) in [4.78, 5) is 48.9. The number of hydrogen-bond acceptors (Lipinski definition) is 5. The van der Waals surface area contributed by atoms with Crippen LogP contribution in [0, 0.1) is 17.8 Å². The molecule has 1 aromatic carbocycles. The van der Waals surface area contributed by atoms with Gasteiger partial charge in [-0.05, 0) is 44.6 Å². The normalized spacial score (nSPS) is 31.0. The van der Waals surface area contributed by atoms with E-state index in [4.69, 9.17) is 4.74 Å². The highest BCUT2D eigenvalue weighted by molar-refractivity contribution is 5.99. The fraction of sp³-hybridized carbons (Fsp3) is 0.618. The molecular weight excluding hydrogens is 530 g/mol. The average Bonchev–Trinajstić information content (AvgIpc) is 3.49. The van der Waals surface area contributed by atoms with Crippen LogP contribution in [0.15, 0.2) is 55.6 Å². The van der Waals surface area contributed by atoms with Gasteiger partial charge in [-0.2, -0.15) is 0 Å². The maximum Gasteiger partial charge on any atom is 0.248 e. The zero-order chi connectivity index (χ0) is 30.8. The van der Waals surface area contributed by atoms with Crippen molar-refractivity contribution in [3.8, 4) is 0 Å². The third-order valence-corrected chi connectivity index (χ3v) is 10.1. The molecule has 4 rings (SSSR count). The summed E-state index contributed by atoms with van der Waals surface area (Å²) in [5, 5.41) is 10.4. The average molecular weight is 580 g/mol. The van der Waals surface area contributed by atoms with Crippen molar-refractivity contribution in [2.75, 3.05) is 19.7 Å². The molecule has 3 heterocycles. The minimum absolute atomic E-state index is 0.0665. The standard InChI is InChI=1S/C34H49N3O5/c1-8-15-24(6)36(19-10-3)32(41)29-34-20-23(5)33(7,42-34)27(28(34)31(40)37(29)26(11-4)22-38)30(39)35(18-9-2)21-25-16-13-12-14-17-25/h9-10,12-14,16-17,23-24,26-29,38H,2-3,8,11,15,18-22H2,1,4-7H3/t23?,24?,26-,27-,28-,29?,33+,34?/m0/s1. The Bertz CT molecular complexity index is 1170. The van der Waals surface area contributed by atoms with Crippen LogP contribution >= 0.6 is 0 Å². The van der Waals surface area contributed by atoms with Crippen LogP contribution in [0.3, 0.4) is 0 Å². The van der Waals surface area contributed by atoms with Crippen LogP contribution in [-0.2, 0) is 25.7 Å². The molecule has 1 aromatic rings. The Kier molecular flexibility index (Phi) is 9.68. The van der Waals surface area contributed by atoms with Gasteiger partial charge in [0.2, 0.25) is 17.7 Å². The summed E-state index contributed by atoms with van der Waals surface area (Å²) in [5.74, 6) is -2.30. The van der Waals surface area contributed by atoms with Crippen LogP contribution in [-0.4, -0.2) is 86.6 Å². The SMILES string of the molecule is C=CCN(Cc1ccccc1)C(=O)[C@@H]1[C@H]2C(=O)N([C@@H](CC)CO)C(C(=O)N(CC=C)C(C)CCC)C23CC(C)[C@@]1(C)O3. The molecule has 42 heavy (non-hydrogen) atoms. The number of carbonyl (C=O) groups excluding carboxylic acids is 3. The third kappa shape index (κ3) is 5.11. The lowest BCUT2D eigenvalue weighted by atomic mass is 9.62. The van der Waals surface area contributed by atoms with Crippen LogP contribution in [0.2, 0.25) is 0 Å². The lowest BCUT2D eigenvalue weighted by Gasteiger charge is -2.41. The first-order valence-electron chi connectivity index (χ1n) is 15.5. The van der Waals surface area contributed by atoms with E-state index in [0.717, 1.165) is 18.4 Å². The lowest BCUT2D eigenvalue weighted by molar-refractivity contribution is -0.158. The Morgan fingerprint density at radius 2 is 1.83 bits per heavy atom. The van der Waals surface area contributed by atoms with Crippen LogP contribution in [0.5, 0.6) is 0 Å². The van der Waals surface area contributed by atoms with Crippen molar-refractivity contribution in [3.63, 3.8) is 0 Å². The first-order chi connectivity index (χ1) is 20.1. The van der Waals surface area contributed by atoms with Gasteiger partial charge in [-0.3, -0.25) is 14.4 Å². The molecule has 230 valence electrons. The molecule has 3 aliphatic heterocycles. The van der Waals surface area contributed by atoms with E-state index >= 15 is 0 Å². The minimum atomic E-state index is -1.16. The molecule has 3 fully saturated rings. The third-order valence-electron chi connectivity index (χ3n) is 10.1. The van der Waals surface area contributed by atoms with Gasteiger partial charge in [0.05, 0.1) is 30.1 Å². The quantitative estimate of drug-likeness (QED) is 0.334. The van der Waals surface area contributed by atoms with Gasteiger partial charge in [0.15, 0.2) is 0 Å². The predicted octanol–water partition coefficient (Wildman–Crippen LogP) is 4.19. The van der Waals surface area contributed by atoms with Gasteiger partial charge in [0.25, 0.3) is 0 Å². The minimum Gasteiger partial charge on any atom is -0.394 e. The molecule has 0 radical (unpaired) electrons. The lowest BCUT2D eigenvalue weighted by Crippen LogP contribution is -2.60. The number of carbonyl (C=O) groups is 3. The van der Waals surface area contributed by atoms with Crippen LogP contribution in [0.25, 0.3) is 0 Å². The van der Waals surface area contributed by atoms with Gasteiger partial charge in [-0.25, -0.2) is 0 Å².